The van der Waals surface area contributed by atoms with E-state index in [1.807, 2.05) is 36.4 Å². The van der Waals surface area contributed by atoms with Crippen LogP contribution in [0.5, 0.6) is 23.0 Å². The number of nitrogens with zero attached hydrogens (tertiary/aromatic N) is 1. The van der Waals surface area contributed by atoms with Gasteiger partial charge in [-0.15, -0.1) is 0 Å². The van der Waals surface area contributed by atoms with Gasteiger partial charge >= 0.3 is 0 Å². The molecule has 0 saturated heterocycles. The Morgan fingerprint density at radius 1 is 0.808 bits per heavy atom. The second-order valence-corrected chi connectivity index (χ2v) is 6.40. The van der Waals surface area contributed by atoms with Crippen LogP contribution in [-0.2, 0) is 0 Å². The van der Waals surface area contributed by atoms with E-state index in [-0.39, 0.29) is 0 Å². The van der Waals surface area contributed by atoms with E-state index in [2.05, 4.69) is 4.98 Å². The fourth-order valence-electron chi connectivity index (χ4n) is 2.69. The van der Waals surface area contributed by atoms with Crippen LogP contribution >= 0.6 is 11.3 Å². The van der Waals surface area contributed by atoms with Crippen molar-refractivity contribution in [2.45, 2.75) is 0 Å². The van der Waals surface area contributed by atoms with Crippen LogP contribution in [0, 0.1) is 0 Å². The molecule has 2 aromatic carbocycles. The van der Waals surface area contributed by atoms with Gasteiger partial charge in [0.05, 0.1) is 39.0 Å². The fraction of sp³-hybridized carbons (Fsp3) is 0.211. The molecule has 0 radical (unpaired) electrons. The highest BCUT2D eigenvalue weighted by atomic mass is 32.1. The average molecular weight is 372 g/mol. The van der Waals surface area contributed by atoms with Crippen molar-refractivity contribution in [3.05, 3.63) is 36.4 Å². The molecule has 0 unspecified atom stereocenters. The molecular formula is C19H20N2O4S. The number of anilines is 1. The highest BCUT2D eigenvalue weighted by Crippen LogP contribution is 2.45. The number of hydrogen-bond donors (Lipinski definition) is 1. The van der Waals surface area contributed by atoms with Crippen molar-refractivity contribution in [1.82, 2.24) is 4.98 Å². The van der Waals surface area contributed by atoms with Crippen molar-refractivity contribution in [2.75, 3.05) is 34.2 Å². The number of benzene rings is 2. The molecular weight excluding hydrogens is 352 g/mol. The molecule has 0 amide bonds. The third-order valence-electron chi connectivity index (χ3n) is 3.93. The lowest BCUT2D eigenvalue weighted by molar-refractivity contribution is 0.324. The van der Waals surface area contributed by atoms with Gasteiger partial charge in [0, 0.05) is 5.56 Å². The quantitative estimate of drug-likeness (QED) is 0.702. The van der Waals surface area contributed by atoms with E-state index in [4.69, 9.17) is 24.7 Å². The summed E-state index contributed by atoms with van der Waals surface area (Å²) in [4.78, 5) is 5.48. The molecule has 0 aliphatic heterocycles. The molecule has 0 atom stereocenters. The maximum Gasteiger partial charge on any atom is 0.203 e. The van der Waals surface area contributed by atoms with E-state index in [0.717, 1.165) is 27.4 Å². The van der Waals surface area contributed by atoms with Gasteiger partial charge in [0.25, 0.3) is 0 Å². The molecule has 136 valence electrons. The van der Waals surface area contributed by atoms with Crippen LogP contribution in [-0.4, -0.2) is 33.4 Å². The van der Waals surface area contributed by atoms with Gasteiger partial charge < -0.3 is 24.7 Å². The van der Waals surface area contributed by atoms with Crippen molar-refractivity contribution in [3.8, 4) is 44.7 Å². The SMILES string of the molecule is COc1ccc(-c2sc(N)nc2-c2cc(OC)c(OC)c(OC)c2)cc1. The Kier molecular flexibility index (Phi) is 5.18. The zero-order valence-corrected chi connectivity index (χ0v) is 15.8. The number of thiazole rings is 1. The van der Waals surface area contributed by atoms with Crippen LogP contribution in [0.4, 0.5) is 5.13 Å². The number of rotatable bonds is 6. The number of hydrogen-bond acceptors (Lipinski definition) is 7. The zero-order valence-electron chi connectivity index (χ0n) is 15.0. The van der Waals surface area contributed by atoms with Gasteiger partial charge in [0.2, 0.25) is 5.75 Å². The standard InChI is InChI=1S/C19H20N2O4S/c1-22-13-7-5-11(6-8-13)18-16(21-19(20)26-18)12-9-14(23-2)17(25-4)15(10-12)24-3/h5-10H,1-4H3,(H2,20,21). The zero-order chi connectivity index (χ0) is 18.7. The van der Waals surface area contributed by atoms with Crippen LogP contribution in [0.15, 0.2) is 36.4 Å². The summed E-state index contributed by atoms with van der Waals surface area (Å²) in [5.74, 6) is 2.46. The van der Waals surface area contributed by atoms with Crippen LogP contribution in [0.3, 0.4) is 0 Å². The number of methoxy groups -OCH3 is 4. The Hall–Kier alpha value is -2.93. The summed E-state index contributed by atoms with van der Waals surface area (Å²) in [5.41, 5.74) is 8.60. The highest BCUT2D eigenvalue weighted by molar-refractivity contribution is 7.19. The number of nitrogens with two attached hydrogens (primary N) is 1. The molecule has 2 N–H and O–H groups in total. The fourth-order valence-corrected chi connectivity index (χ4v) is 3.55. The Balaban J connectivity index is 2.15. The molecule has 0 bridgehead atoms. The van der Waals surface area contributed by atoms with Gasteiger partial charge in [-0.2, -0.15) is 0 Å². The number of aromatic nitrogens is 1. The van der Waals surface area contributed by atoms with Crippen molar-refractivity contribution in [3.63, 3.8) is 0 Å². The summed E-state index contributed by atoms with van der Waals surface area (Å²) < 4.78 is 21.5. The van der Waals surface area contributed by atoms with Gasteiger partial charge in [-0.3, -0.25) is 0 Å². The van der Waals surface area contributed by atoms with Gasteiger partial charge in [0.1, 0.15) is 5.75 Å². The maximum absolute atomic E-state index is 6.00. The first-order chi connectivity index (χ1) is 12.6. The molecule has 3 aromatic rings. The predicted octanol–water partition coefficient (Wildman–Crippen LogP) is 4.09. The lowest BCUT2D eigenvalue weighted by Gasteiger charge is -2.14. The first-order valence-corrected chi connectivity index (χ1v) is 8.64. The van der Waals surface area contributed by atoms with E-state index in [1.54, 1.807) is 28.4 Å². The van der Waals surface area contributed by atoms with E-state index in [1.165, 1.54) is 11.3 Å². The number of nitrogen functional groups attached to an aromatic ring is 1. The van der Waals surface area contributed by atoms with Gasteiger partial charge in [-0.05, 0) is 42.0 Å². The molecule has 0 saturated carbocycles. The minimum Gasteiger partial charge on any atom is -0.497 e. The minimum absolute atomic E-state index is 0.486. The molecule has 0 aliphatic carbocycles. The summed E-state index contributed by atoms with van der Waals surface area (Å²) in [6.07, 6.45) is 0. The highest BCUT2D eigenvalue weighted by Gasteiger charge is 2.19. The topological polar surface area (TPSA) is 75.8 Å². The van der Waals surface area contributed by atoms with Crippen molar-refractivity contribution in [1.29, 1.82) is 0 Å². The molecule has 6 nitrogen and oxygen atoms in total. The number of ether oxygens (including phenoxy) is 4. The van der Waals surface area contributed by atoms with Crippen LogP contribution in [0.25, 0.3) is 21.7 Å². The van der Waals surface area contributed by atoms with E-state index in [0.29, 0.717) is 22.4 Å². The summed E-state index contributed by atoms with van der Waals surface area (Å²) >= 11 is 1.43. The third-order valence-corrected chi connectivity index (χ3v) is 4.87. The van der Waals surface area contributed by atoms with Crippen LogP contribution < -0.4 is 24.7 Å². The van der Waals surface area contributed by atoms with Gasteiger partial charge in [-0.25, -0.2) is 4.98 Å². The van der Waals surface area contributed by atoms with Gasteiger partial charge in [-0.1, -0.05) is 11.3 Å². The molecule has 1 heterocycles. The third kappa shape index (κ3) is 3.25. The largest absolute Gasteiger partial charge is 0.497 e. The van der Waals surface area contributed by atoms with Crippen LogP contribution in [0.1, 0.15) is 0 Å². The Morgan fingerprint density at radius 2 is 1.42 bits per heavy atom. The first kappa shape index (κ1) is 17.9. The Bertz CT molecular complexity index is 881. The summed E-state index contributed by atoms with van der Waals surface area (Å²) in [7, 11) is 6.38. The molecule has 26 heavy (non-hydrogen) atoms. The van der Waals surface area contributed by atoms with E-state index in [9.17, 15) is 0 Å². The molecule has 0 aliphatic rings. The molecule has 3 rings (SSSR count). The second-order valence-electron chi connectivity index (χ2n) is 5.37. The maximum atomic E-state index is 6.00. The average Bonchev–Trinajstić information content (AvgIpc) is 3.08. The van der Waals surface area contributed by atoms with Crippen molar-refractivity contribution >= 4 is 16.5 Å². The summed E-state index contributed by atoms with van der Waals surface area (Å²) in [6.45, 7) is 0. The lowest BCUT2D eigenvalue weighted by Crippen LogP contribution is -1.96. The molecule has 0 spiro atoms. The van der Waals surface area contributed by atoms with E-state index < -0.39 is 0 Å². The molecule has 7 heteroatoms. The Morgan fingerprint density at radius 3 is 1.92 bits per heavy atom. The summed E-state index contributed by atoms with van der Waals surface area (Å²) in [5, 5.41) is 0.486. The van der Waals surface area contributed by atoms with Crippen molar-refractivity contribution < 1.29 is 18.9 Å². The lowest BCUT2D eigenvalue weighted by atomic mass is 10.1. The minimum atomic E-state index is 0.486. The Labute approximate surface area is 156 Å². The molecule has 1 aromatic heterocycles. The smallest absolute Gasteiger partial charge is 0.203 e. The van der Waals surface area contributed by atoms with Gasteiger partial charge in [0.15, 0.2) is 16.6 Å². The molecule has 0 fully saturated rings. The second kappa shape index (κ2) is 7.53. The monoisotopic (exact) mass is 372 g/mol. The first-order valence-electron chi connectivity index (χ1n) is 7.82. The van der Waals surface area contributed by atoms with E-state index >= 15 is 0 Å². The summed E-state index contributed by atoms with van der Waals surface area (Å²) in [6, 6.07) is 11.5. The normalized spacial score (nSPS) is 10.5. The van der Waals surface area contributed by atoms with Crippen LogP contribution in [0.2, 0.25) is 0 Å². The van der Waals surface area contributed by atoms with Crippen molar-refractivity contribution in [2.24, 2.45) is 0 Å². The predicted molar refractivity (Wildman–Crippen MR) is 104 cm³/mol.